The van der Waals surface area contributed by atoms with E-state index in [1.54, 1.807) is 0 Å². The summed E-state index contributed by atoms with van der Waals surface area (Å²) >= 11 is 0. The van der Waals surface area contributed by atoms with Gasteiger partial charge in [0.05, 0.1) is 5.69 Å². The minimum absolute atomic E-state index is 0.0492. The number of carbonyl (C=O) groups excluding carboxylic acids is 1. The molecule has 2 heteroatoms. The first kappa shape index (κ1) is 14.5. The van der Waals surface area contributed by atoms with E-state index in [2.05, 4.69) is 24.3 Å². The van der Waals surface area contributed by atoms with Crippen LogP contribution in [0.25, 0.3) is 22.0 Å². The van der Waals surface area contributed by atoms with Gasteiger partial charge in [-0.3, -0.25) is 4.79 Å². The fraction of sp³-hybridized carbons (Fsp3) is 0.0455. The van der Waals surface area contributed by atoms with Crippen molar-refractivity contribution in [1.82, 2.24) is 4.57 Å². The zero-order valence-corrected chi connectivity index (χ0v) is 13.4. The van der Waals surface area contributed by atoms with Gasteiger partial charge in [0.1, 0.15) is 0 Å². The van der Waals surface area contributed by atoms with E-state index in [-0.39, 0.29) is 5.78 Å². The van der Waals surface area contributed by atoms with Crippen molar-refractivity contribution >= 4 is 16.7 Å². The van der Waals surface area contributed by atoms with Crippen molar-refractivity contribution in [3.8, 4) is 11.1 Å². The SMILES string of the molecule is Cn1c(C(=O)c2ccccc2)c(-c2ccccc2)c2ccccc21. The van der Waals surface area contributed by atoms with E-state index in [1.807, 2.05) is 72.3 Å². The van der Waals surface area contributed by atoms with Gasteiger partial charge in [-0.15, -0.1) is 0 Å². The lowest BCUT2D eigenvalue weighted by Gasteiger charge is -2.08. The number of nitrogens with zero attached hydrogens (tertiary/aromatic N) is 1. The average Bonchev–Trinajstić information content (AvgIpc) is 2.95. The van der Waals surface area contributed by atoms with Gasteiger partial charge in [0, 0.05) is 29.1 Å². The molecule has 0 spiro atoms. The Kier molecular flexibility index (Phi) is 3.51. The van der Waals surface area contributed by atoms with Crippen molar-refractivity contribution in [2.75, 3.05) is 0 Å². The smallest absolute Gasteiger partial charge is 0.210 e. The summed E-state index contributed by atoms with van der Waals surface area (Å²) in [6.45, 7) is 0. The molecule has 0 bridgehead atoms. The number of aryl methyl sites for hydroxylation is 1. The third-order valence-electron chi connectivity index (χ3n) is 4.42. The van der Waals surface area contributed by atoms with Crippen LogP contribution < -0.4 is 0 Å². The molecule has 0 aliphatic carbocycles. The fourth-order valence-electron chi connectivity index (χ4n) is 3.28. The van der Waals surface area contributed by atoms with Crippen LogP contribution in [-0.4, -0.2) is 10.4 Å². The van der Waals surface area contributed by atoms with Crippen LogP contribution in [0.4, 0.5) is 0 Å². The monoisotopic (exact) mass is 311 g/mol. The van der Waals surface area contributed by atoms with Crippen LogP contribution in [0.3, 0.4) is 0 Å². The van der Waals surface area contributed by atoms with Crippen molar-refractivity contribution in [3.63, 3.8) is 0 Å². The Hall–Kier alpha value is -3.13. The quantitative estimate of drug-likeness (QED) is 0.484. The molecule has 0 N–H and O–H groups in total. The molecular weight excluding hydrogens is 294 g/mol. The molecule has 0 aliphatic rings. The van der Waals surface area contributed by atoms with Crippen LogP contribution in [0, 0.1) is 0 Å². The largest absolute Gasteiger partial charge is 0.340 e. The summed E-state index contributed by atoms with van der Waals surface area (Å²) in [4.78, 5) is 13.2. The molecule has 0 saturated heterocycles. The third kappa shape index (κ3) is 2.24. The topological polar surface area (TPSA) is 22.0 Å². The number of rotatable bonds is 3. The van der Waals surface area contributed by atoms with Crippen molar-refractivity contribution < 1.29 is 4.79 Å². The third-order valence-corrected chi connectivity index (χ3v) is 4.42. The van der Waals surface area contributed by atoms with Gasteiger partial charge >= 0.3 is 0 Å². The summed E-state index contributed by atoms with van der Waals surface area (Å²) in [6, 6.07) is 27.8. The number of ketones is 1. The molecule has 4 aromatic rings. The van der Waals surface area contributed by atoms with Gasteiger partial charge < -0.3 is 4.57 Å². The standard InChI is InChI=1S/C22H17NO/c1-23-19-15-9-8-14-18(19)20(16-10-4-2-5-11-16)21(23)22(24)17-12-6-3-7-13-17/h2-15H,1H3. The van der Waals surface area contributed by atoms with E-state index in [4.69, 9.17) is 0 Å². The Balaban J connectivity index is 2.05. The van der Waals surface area contributed by atoms with Gasteiger partial charge in [-0.05, 0) is 11.6 Å². The van der Waals surface area contributed by atoms with Gasteiger partial charge in [-0.1, -0.05) is 78.9 Å². The van der Waals surface area contributed by atoms with Crippen LogP contribution in [-0.2, 0) is 7.05 Å². The van der Waals surface area contributed by atoms with E-state index >= 15 is 0 Å². The molecule has 3 aromatic carbocycles. The summed E-state index contributed by atoms with van der Waals surface area (Å²) in [7, 11) is 1.96. The molecule has 0 unspecified atom stereocenters. The first-order chi connectivity index (χ1) is 11.8. The van der Waals surface area contributed by atoms with Crippen molar-refractivity contribution in [3.05, 3.63) is 96.2 Å². The Morgan fingerprint density at radius 3 is 2.04 bits per heavy atom. The Bertz CT molecular complexity index is 1010. The Labute approximate surface area is 141 Å². The van der Waals surface area contributed by atoms with Crippen LogP contribution in [0.5, 0.6) is 0 Å². The molecule has 1 aromatic heterocycles. The highest BCUT2D eigenvalue weighted by Gasteiger charge is 2.22. The number of para-hydroxylation sites is 1. The van der Waals surface area contributed by atoms with Crippen molar-refractivity contribution in [2.45, 2.75) is 0 Å². The number of benzene rings is 3. The lowest BCUT2D eigenvalue weighted by Crippen LogP contribution is -2.08. The fourth-order valence-corrected chi connectivity index (χ4v) is 3.28. The number of carbonyl (C=O) groups is 1. The van der Waals surface area contributed by atoms with E-state index < -0.39 is 0 Å². The zero-order valence-electron chi connectivity index (χ0n) is 13.4. The molecule has 4 rings (SSSR count). The lowest BCUT2D eigenvalue weighted by molar-refractivity contribution is 0.103. The van der Waals surface area contributed by atoms with E-state index in [9.17, 15) is 4.79 Å². The Morgan fingerprint density at radius 1 is 0.750 bits per heavy atom. The second kappa shape index (κ2) is 5.82. The van der Waals surface area contributed by atoms with E-state index in [1.165, 1.54) is 0 Å². The van der Waals surface area contributed by atoms with Crippen molar-refractivity contribution in [1.29, 1.82) is 0 Å². The highest BCUT2D eigenvalue weighted by atomic mass is 16.1. The number of hydrogen-bond acceptors (Lipinski definition) is 1. The van der Waals surface area contributed by atoms with Crippen LogP contribution in [0.2, 0.25) is 0 Å². The highest BCUT2D eigenvalue weighted by Crippen LogP contribution is 2.35. The predicted molar refractivity (Wildman–Crippen MR) is 98.2 cm³/mol. The summed E-state index contributed by atoms with van der Waals surface area (Å²) in [6.07, 6.45) is 0. The van der Waals surface area contributed by atoms with Crippen molar-refractivity contribution in [2.24, 2.45) is 7.05 Å². The molecule has 0 saturated carbocycles. The van der Waals surface area contributed by atoms with Gasteiger partial charge in [-0.25, -0.2) is 0 Å². The predicted octanol–water partition coefficient (Wildman–Crippen LogP) is 5.08. The minimum atomic E-state index is 0.0492. The van der Waals surface area contributed by atoms with Crippen LogP contribution >= 0.6 is 0 Å². The summed E-state index contributed by atoms with van der Waals surface area (Å²) < 4.78 is 2.01. The van der Waals surface area contributed by atoms with Gasteiger partial charge in [-0.2, -0.15) is 0 Å². The maximum atomic E-state index is 13.2. The summed E-state index contributed by atoms with van der Waals surface area (Å²) in [5.74, 6) is 0.0492. The van der Waals surface area contributed by atoms with Crippen LogP contribution in [0.15, 0.2) is 84.9 Å². The normalized spacial score (nSPS) is 10.9. The molecule has 116 valence electrons. The first-order valence-electron chi connectivity index (χ1n) is 8.00. The number of aromatic nitrogens is 1. The Morgan fingerprint density at radius 2 is 1.33 bits per heavy atom. The molecule has 2 nitrogen and oxygen atoms in total. The highest BCUT2D eigenvalue weighted by molar-refractivity contribution is 6.17. The maximum absolute atomic E-state index is 13.2. The molecule has 0 atom stereocenters. The molecule has 0 radical (unpaired) electrons. The molecule has 0 fully saturated rings. The van der Waals surface area contributed by atoms with E-state index in [0.29, 0.717) is 5.56 Å². The number of fused-ring (bicyclic) bond motifs is 1. The molecule has 0 amide bonds. The summed E-state index contributed by atoms with van der Waals surface area (Å²) in [5.41, 5.74) is 4.57. The number of hydrogen-bond donors (Lipinski definition) is 0. The zero-order chi connectivity index (χ0) is 16.5. The minimum Gasteiger partial charge on any atom is -0.340 e. The first-order valence-corrected chi connectivity index (χ1v) is 8.00. The lowest BCUT2D eigenvalue weighted by atomic mass is 9.98. The average molecular weight is 311 g/mol. The summed E-state index contributed by atoms with van der Waals surface area (Å²) in [5, 5.41) is 1.10. The second-order valence-corrected chi connectivity index (χ2v) is 5.86. The molecular formula is C22H17NO. The maximum Gasteiger partial charge on any atom is 0.210 e. The van der Waals surface area contributed by atoms with Crippen LogP contribution in [0.1, 0.15) is 16.1 Å². The second-order valence-electron chi connectivity index (χ2n) is 5.86. The van der Waals surface area contributed by atoms with Gasteiger partial charge in [0.2, 0.25) is 5.78 Å². The van der Waals surface area contributed by atoms with E-state index in [0.717, 1.165) is 27.7 Å². The molecule has 24 heavy (non-hydrogen) atoms. The molecule has 0 aliphatic heterocycles. The van der Waals surface area contributed by atoms with Gasteiger partial charge in [0.25, 0.3) is 0 Å². The molecule has 1 heterocycles. The van der Waals surface area contributed by atoms with Gasteiger partial charge in [0.15, 0.2) is 0 Å².